The Kier molecular flexibility index (Phi) is 5.01. The predicted molar refractivity (Wildman–Crippen MR) is 72.2 cm³/mol. The first kappa shape index (κ1) is 17.9. The summed E-state index contributed by atoms with van der Waals surface area (Å²) in [5.74, 6) is -4.09. The van der Waals surface area contributed by atoms with Crippen LogP contribution in [-0.4, -0.2) is 38.0 Å². The van der Waals surface area contributed by atoms with Crippen LogP contribution in [0, 0.1) is 0 Å². The third kappa shape index (κ3) is 3.72. The SMILES string of the molecule is COC(=O)c1c(Cl)c(S(=O)(=O)N[C@H](C)C(C)(F)F)cn1C. The van der Waals surface area contributed by atoms with Crippen molar-refractivity contribution in [2.24, 2.45) is 7.05 Å². The average Bonchev–Trinajstić information content (AvgIpc) is 2.63. The van der Waals surface area contributed by atoms with Gasteiger partial charge in [-0.25, -0.2) is 26.7 Å². The van der Waals surface area contributed by atoms with Crippen molar-refractivity contribution in [3.8, 4) is 0 Å². The number of carbonyl (C=O) groups excluding carboxylic acids is 1. The van der Waals surface area contributed by atoms with E-state index in [0.29, 0.717) is 6.92 Å². The number of aryl methyl sites for hydroxylation is 1. The van der Waals surface area contributed by atoms with E-state index in [-0.39, 0.29) is 10.7 Å². The number of ether oxygens (including phenoxy) is 1. The lowest BCUT2D eigenvalue weighted by atomic mass is 10.2. The number of esters is 1. The summed E-state index contributed by atoms with van der Waals surface area (Å²) in [6, 6.07) is -1.64. The molecular formula is C11H15ClF2N2O4S. The van der Waals surface area contributed by atoms with Gasteiger partial charge in [0, 0.05) is 20.2 Å². The second kappa shape index (κ2) is 5.90. The summed E-state index contributed by atoms with van der Waals surface area (Å²) in [7, 11) is -1.81. The van der Waals surface area contributed by atoms with Crippen molar-refractivity contribution in [1.82, 2.24) is 9.29 Å². The molecule has 6 nitrogen and oxygen atoms in total. The van der Waals surface area contributed by atoms with Gasteiger partial charge >= 0.3 is 5.97 Å². The summed E-state index contributed by atoms with van der Waals surface area (Å²) in [6.07, 6.45) is 1.05. The van der Waals surface area contributed by atoms with Crippen LogP contribution in [0.5, 0.6) is 0 Å². The van der Waals surface area contributed by atoms with Crippen LogP contribution in [0.1, 0.15) is 24.3 Å². The lowest BCUT2D eigenvalue weighted by Gasteiger charge is -2.20. The molecule has 1 aromatic heterocycles. The molecule has 0 aliphatic heterocycles. The van der Waals surface area contributed by atoms with Crippen molar-refractivity contribution in [3.63, 3.8) is 0 Å². The largest absolute Gasteiger partial charge is 0.464 e. The normalized spacial score (nSPS) is 14.0. The van der Waals surface area contributed by atoms with E-state index in [9.17, 15) is 22.0 Å². The van der Waals surface area contributed by atoms with E-state index in [1.165, 1.54) is 7.05 Å². The lowest BCUT2D eigenvalue weighted by molar-refractivity contribution is -0.00488. The van der Waals surface area contributed by atoms with E-state index in [1.54, 1.807) is 0 Å². The van der Waals surface area contributed by atoms with Crippen LogP contribution < -0.4 is 4.72 Å². The maximum absolute atomic E-state index is 13.1. The Bertz CT molecular complexity index is 652. The highest BCUT2D eigenvalue weighted by Gasteiger charge is 2.36. The Morgan fingerprint density at radius 2 is 2.05 bits per heavy atom. The maximum atomic E-state index is 13.1. The Hall–Kier alpha value is -1.19. The van der Waals surface area contributed by atoms with E-state index in [1.807, 2.05) is 4.72 Å². The fraction of sp³-hybridized carbons (Fsp3) is 0.545. The quantitative estimate of drug-likeness (QED) is 0.826. The van der Waals surface area contributed by atoms with Gasteiger partial charge in [0.1, 0.15) is 10.6 Å². The number of sulfonamides is 1. The molecule has 120 valence electrons. The van der Waals surface area contributed by atoms with Crippen molar-refractivity contribution in [2.75, 3.05) is 7.11 Å². The third-order valence-electron chi connectivity index (χ3n) is 2.85. The minimum Gasteiger partial charge on any atom is -0.464 e. The van der Waals surface area contributed by atoms with Crippen molar-refractivity contribution in [2.45, 2.75) is 30.7 Å². The van der Waals surface area contributed by atoms with Crippen LogP contribution in [0.3, 0.4) is 0 Å². The number of rotatable bonds is 5. The summed E-state index contributed by atoms with van der Waals surface area (Å²) >= 11 is 5.86. The highest BCUT2D eigenvalue weighted by atomic mass is 35.5. The highest BCUT2D eigenvalue weighted by Crippen LogP contribution is 2.28. The minimum absolute atomic E-state index is 0.185. The number of carbonyl (C=O) groups is 1. The minimum atomic E-state index is -4.31. The standard InChI is InChI=1S/C11H15ClF2N2O4S/c1-6(11(2,13)14)15-21(18,19)7-5-16(3)9(8(7)12)10(17)20-4/h5-6,15H,1-4H3/t6-/m1/s1. The molecule has 0 spiro atoms. The molecule has 1 atom stereocenters. The topological polar surface area (TPSA) is 77.4 Å². The molecule has 1 heterocycles. The summed E-state index contributed by atoms with van der Waals surface area (Å²) in [6.45, 7) is 1.61. The molecule has 0 fully saturated rings. The van der Waals surface area contributed by atoms with E-state index in [4.69, 9.17) is 11.6 Å². The number of nitrogens with one attached hydrogen (secondary N) is 1. The van der Waals surface area contributed by atoms with Gasteiger partial charge in [-0.1, -0.05) is 11.6 Å². The van der Waals surface area contributed by atoms with Crippen molar-refractivity contribution >= 4 is 27.6 Å². The monoisotopic (exact) mass is 344 g/mol. The van der Waals surface area contributed by atoms with Gasteiger partial charge < -0.3 is 9.30 Å². The average molecular weight is 345 g/mol. The molecule has 0 aromatic carbocycles. The number of alkyl halides is 2. The molecule has 0 radical (unpaired) electrons. The van der Waals surface area contributed by atoms with Crippen LogP contribution in [-0.2, 0) is 21.8 Å². The van der Waals surface area contributed by atoms with Gasteiger partial charge in [0.2, 0.25) is 10.0 Å². The molecule has 0 amide bonds. The number of methoxy groups -OCH3 is 1. The number of nitrogens with zero attached hydrogens (tertiary/aromatic N) is 1. The first-order valence-corrected chi connectivity index (χ1v) is 7.61. The van der Waals surface area contributed by atoms with Gasteiger partial charge in [-0.15, -0.1) is 0 Å². The molecule has 1 N–H and O–H groups in total. The van der Waals surface area contributed by atoms with Gasteiger partial charge in [0.25, 0.3) is 5.92 Å². The van der Waals surface area contributed by atoms with Gasteiger partial charge in [0.05, 0.1) is 18.2 Å². The van der Waals surface area contributed by atoms with Crippen LogP contribution >= 0.6 is 11.6 Å². The van der Waals surface area contributed by atoms with Gasteiger partial charge in [0.15, 0.2) is 0 Å². The molecule has 0 saturated carbocycles. The molecule has 21 heavy (non-hydrogen) atoms. The number of halogens is 3. The number of hydrogen-bond donors (Lipinski definition) is 1. The molecule has 0 bridgehead atoms. The van der Waals surface area contributed by atoms with Crippen LogP contribution in [0.15, 0.2) is 11.1 Å². The molecule has 0 unspecified atom stereocenters. The molecule has 10 heteroatoms. The predicted octanol–water partition coefficient (Wildman–Crippen LogP) is 1.79. The Morgan fingerprint density at radius 1 is 1.52 bits per heavy atom. The molecule has 1 rings (SSSR count). The Balaban J connectivity index is 3.25. The molecular weight excluding hydrogens is 330 g/mol. The molecule has 1 aromatic rings. The third-order valence-corrected chi connectivity index (χ3v) is 4.90. The second-order valence-electron chi connectivity index (χ2n) is 4.56. The smallest absolute Gasteiger partial charge is 0.356 e. The van der Waals surface area contributed by atoms with Gasteiger partial charge in [-0.05, 0) is 6.92 Å². The molecule has 0 aliphatic rings. The number of hydrogen-bond acceptors (Lipinski definition) is 4. The van der Waals surface area contributed by atoms with E-state index < -0.39 is 32.9 Å². The van der Waals surface area contributed by atoms with E-state index in [0.717, 1.165) is 24.8 Å². The summed E-state index contributed by atoms with van der Waals surface area (Å²) < 4.78 is 57.8. The zero-order valence-electron chi connectivity index (χ0n) is 11.8. The molecule has 0 saturated heterocycles. The van der Waals surface area contributed by atoms with Crippen molar-refractivity contribution in [1.29, 1.82) is 0 Å². The fourth-order valence-electron chi connectivity index (χ4n) is 1.49. The first-order valence-electron chi connectivity index (χ1n) is 5.75. The fourth-order valence-corrected chi connectivity index (χ4v) is 3.48. The first-order chi connectivity index (χ1) is 9.41. The lowest BCUT2D eigenvalue weighted by Crippen LogP contribution is -2.43. The Labute approximate surface area is 126 Å². The summed E-state index contributed by atoms with van der Waals surface area (Å²) in [5.41, 5.74) is -0.185. The van der Waals surface area contributed by atoms with E-state index in [2.05, 4.69) is 4.74 Å². The Morgan fingerprint density at radius 3 is 2.48 bits per heavy atom. The van der Waals surface area contributed by atoms with E-state index >= 15 is 0 Å². The summed E-state index contributed by atoms with van der Waals surface area (Å²) in [5, 5.41) is -0.386. The summed E-state index contributed by atoms with van der Waals surface area (Å²) in [4.78, 5) is 11.0. The zero-order valence-corrected chi connectivity index (χ0v) is 13.3. The van der Waals surface area contributed by atoms with Crippen LogP contribution in [0.4, 0.5) is 8.78 Å². The van der Waals surface area contributed by atoms with Crippen LogP contribution in [0.2, 0.25) is 5.02 Å². The van der Waals surface area contributed by atoms with Crippen molar-refractivity contribution in [3.05, 3.63) is 16.9 Å². The van der Waals surface area contributed by atoms with Crippen molar-refractivity contribution < 1.29 is 26.7 Å². The highest BCUT2D eigenvalue weighted by molar-refractivity contribution is 7.89. The number of aromatic nitrogens is 1. The maximum Gasteiger partial charge on any atom is 0.356 e. The van der Waals surface area contributed by atoms with Crippen LogP contribution in [0.25, 0.3) is 0 Å². The molecule has 0 aliphatic carbocycles. The second-order valence-corrected chi connectivity index (χ2v) is 6.62. The van der Waals surface area contributed by atoms with Gasteiger partial charge in [-0.3, -0.25) is 0 Å². The zero-order chi connectivity index (χ0) is 16.6. The van der Waals surface area contributed by atoms with Gasteiger partial charge in [-0.2, -0.15) is 0 Å².